The van der Waals surface area contributed by atoms with Crippen molar-refractivity contribution in [2.75, 3.05) is 27.5 Å². The Kier molecular flexibility index (Phi) is 3.04. The number of rotatable bonds is 3. The first-order valence-electron chi connectivity index (χ1n) is 8.84. The first-order valence-corrected chi connectivity index (χ1v) is 8.84. The van der Waals surface area contributed by atoms with Crippen molar-refractivity contribution < 1.29 is 19.0 Å². The lowest BCUT2D eigenvalue weighted by molar-refractivity contribution is -0.138. The van der Waals surface area contributed by atoms with Gasteiger partial charge in [0.1, 0.15) is 0 Å². The summed E-state index contributed by atoms with van der Waals surface area (Å²) in [7, 11) is 3.83. The number of methoxy groups -OCH3 is 1. The second kappa shape index (κ2) is 4.96. The zero-order valence-corrected chi connectivity index (χ0v) is 14.2. The van der Waals surface area contributed by atoms with Gasteiger partial charge in [-0.3, -0.25) is 4.79 Å². The first-order chi connectivity index (χ1) is 11.7. The Balaban J connectivity index is 1.72. The molecule has 2 bridgehead atoms. The van der Waals surface area contributed by atoms with Gasteiger partial charge < -0.3 is 19.1 Å². The Labute approximate surface area is 141 Å². The highest BCUT2D eigenvalue weighted by Gasteiger charge is 2.65. The second-order valence-corrected chi connectivity index (χ2v) is 7.63. The van der Waals surface area contributed by atoms with Gasteiger partial charge >= 0.3 is 0 Å². The second-order valence-electron chi connectivity index (χ2n) is 7.63. The number of benzene rings is 1. The fourth-order valence-electron chi connectivity index (χ4n) is 5.75. The number of likely N-dealkylation sites (tertiary alicyclic amines) is 1. The van der Waals surface area contributed by atoms with E-state index in [4.69, 9.17) is 14.2 Å². The summed E-state index contributed by atoms with van der Waals surface area (Å²) in [6, 6.07) is 4.66. The smallest absolute Gasteiger partial charge is 0.188 e. The molecule has 0 radical (unpaired) electrons. The van der Waals surface area contributed by atoms with Gasteiger partial charge in [-0.05, 0) is 50.4 Å². The van der Waals surface area contributed by atoms with Gasteiger partial charge in [0.25, 0.3) is 0 Å². The molecule has 2 heterocycles. The normalized spacial score (nSPS) is 36.2. The molecule has 2 fully saturated rings. The topological polar surface area (TPSA) is 48.0 Å². The van der Waals surface area contributed by atoms with Gasteiger partial charge in [-0.15, -0.1) is 0 Å². The van der Waals surface area contributed by atoms with Crippen molar-refractivity contribution in [3.63, 3.8) is 0 Å². The van der Waals surface area contributed by atoms with E-state index in [9.17, 15) is 4.79 Å². The molecule has 0 N–H and O–H groups in total. The quantitative estimate of drug-likeness (QED) is 0.793. The monoisotopic (exact) mass is 329 g/mol. The molecule has 2 aliphatic heterocycles. The number of likely N-dealkylation sites (N-methyl/N-ethyl adjacent to an activating group) is 1. The number of carbonyl (C=O) groups is 1. The molecule has 1 spiro atoms. The minimum atomic E-state index is -0.325. The van der Waals surface area contributed by atoms with Crippen molar-refractivity contribution in [3.8, 4) is 11.5 Å². The fraction of sp³-hybridized carbons (Fsp3) is 0.632. The maximum Gasteiger partial charge on any atom is 0.188 e. The molecule has 5 heteroatoms. The number of Topliss-reactive ketones (excluding diaryl/α,β-unsaturated/α-hetero) is 1. The summed E-state index contributed by atoms with van der Waals surface area (Å²) in [5, 5.41) is 0. The van der Waals surface area contributed by atoms with E-state index in [-0.39, 0.29) is 24.1 Å². The zero-order chi connectivity index (χ0) is 16.5. The van der Waals surface area contributed by atoms with Crippen LogP contribution in [-0.2, 0) is 21.4 Å². The molecular weight excluding hydrogens is 306 g/mol. The van der Waals surface area contributed by atoms with Crippen molar-refractivity contribution in [1.29, 1.82) is 0 Å². The SMILES string of the molecule is COCOc1ccc2c3c1O[C@H]1C(=O)CC[C@H]4[C@@H](C2)N(C)CC[C@]314. The third-order valence-corrected chi connectivity index (χ3v) is 6.70. The van der Waals surface area contributed by atoms with Crippen LogP contribution in [0.3, 0.4) is 0 Å². The Bertz CT molecular complexity index is 718. The van der Waals surface area contributed by atoms with Crippen molar-refractivity contribution in [2.45, 2.75) is 43.2 Å². The highest BCUT2D eigenvalue weighted by atomic mass is 16.7. The van der Waals surface area contributed by atoms with Gasteiger partial charge in [0.15, 0.2) is 30.2 Å². The molecule has 5 rings (SSSR count). The van der Waals surface area contributed by atoms with Crippen LogP contribution < -0.4 is 9.47 Å². The lowest BCUT2D eigenvalue weighted by Crippen LogP contribution is -2.65. The number of nitrogens with zero attached hydrogens (tertiary/aromatic N) is 1. The Morgan fingerprint density at radius 3 is 3.12 bits per heavy atom. The number of piperidine rings is 1. The predicted octanol–water partition coefficient (Wildman–Crippen LogP) is 1.91. The van der Waals surface area contributed by atoms with Gasteiger partial charge in [-0.1, -0.05) is 6.07 Å². The first kappa shape index (κ1) is 14.7. The molecule has 5 nitrogen and oxygen atoms in total. The largest absolute Gasteiger partial charge is 0.477 e. The third kappa shape index (κ3) is 1.64. The van der Waals surface area contributed by atoms with E-state index in [1.807, 2.05) is 6.07 Å². The van der Waals surface area contributed by atoms with Gasteiger partial charge in [-0.2, -0.15) is 0 Å². The molecule has 2 aliphatic carbocycles. The van der Waals surface area contributed by atoms with Crippen LogP contribution in [0.25, 0.3) is 0 Å². The van der Waals surface area contributed by atoms with Crippen LogP contribution in [0.2, 0.25) is 0 Å². The molecule has 1 aromatic carbocycles. The Hall–Kier alpha value is -1.59. The summed E-state index contributed by atoms with van der Waals surface area (Å²) in [4.78, 5) is 15.2. The van der Waals surface area contributed by atoms with Crippen LogP contribution in [0.15, 0.2) is 12.1 Å². The van der Waals surface area contributed by atoms with Crippen molar-refractivity contribution in [1.82, 2.24) is 4.90 Å². The van der Waals surface area contributed by atoms with E-state index in [2.05, 4.69) is 18.0 Å². The maximum atomic E-state index is 12.7. The molecule has 0 amide bonds. The van der Waals surface area contributed by atoms with Gasteiger partial charge in [-0.25, -0.2) is 0 Å². The average molecular weight is 329 g/mol. The van der Waals surface area contributed by atoms with Crippen molar-refractivity contribution in [3.05, 3.63) is 23.3 Å². The fourth-order valence-corrected chi connectivity index (χ4v) is 5.75. The summed E-state index contributed by atoms with van der Waals surface area (Å²) < 4.78 is 17.1. The third-order valence-electron chi connectivity index (χ3n) is 6.70. The van der Waals surface area contributed by atoms with Crippen LogP contribution in [0.4, 0.5) is 0 Å². The molecule has 4 aliphatic rings. The molecule has 1 saturated heterocycles. The van der Waals surface area contributed by atoms with E-state index in [1.54, 1.807) is 7.11 Å². The summed E-state index contributed by atoms with van der Waals surface area (Å²) in [5.41, 5.74) is 2.46. The molecule has 128 valence electrons. The predicted molar refractivity (Wildman–Crippen MR) is 87.5 cm³/mol. The minimum Gasteiger partial charge on any atom is -0.477 e. The van der Waals surface area contributed by atoms with Crippen LogP contribution >= 0.6 is 0 Å². The highest BCUT2D eigenvalue weighted by Crippen LogP contribution is 2.63. The van der Waals surface area contributed by atoms with E-state index in [0.717, 1.165) is 31.6 Å². The number of hydrogen-bond acceptors (Lipinski definition) is 5. The molecular formula is C19H23NO4. The van der Waals surface area contributed by atoms with Crippen LogP contribution in [-0.4, -0.2) is 50.3 Å². The molecule has 0 aromatic heterocycles. The maximum absolute atomic E-state index is 12.7. The molecule has 0 unspecified atom stereocenters. The van der Waals surface area contributed by atoms with Gasteiger partial charge in [0.2, 0.25) is 0 Å². The van der Waals surface area contributed by atoms with Crippen LogP contribution in [0.5, 0.6) is 11.5 Å². The lowest BCUT2D eigenvalue weighted by Gasteiger charge is -2.57. The van der Waals surface area contributed by atoms with Crippen LogP contribution in [0, 0.1) is 5.92 Å². The minimum absolute atomic E-state index is 0.137. The highest BCUT2D eigenvalue weighted by molar-refractivity contribution is 5.89. The molecule has 1 aromatic rings. The van der Waals surface area contributed by atoms with Crippen LogP contribution in [0.1, 0.15) is 30.4 Å². The summed E-state index contributed by atoms with van der Waals surface area (Å²) in [6.45, 7) is 1.21. The number of carbonyl (C=O) groups excluding carboxylic acids is 1. The Morgan fingerprint density at radius 1 is 1.42 bits per heavy atom. The van der Waals surface area contributed by atoms with E-state index in [1.165, 1.54) is 11.1 Å². The average Bonchev–Trinajstić information content (AvgIpc) is 2.94. The number of ether oxygens (including phenoxy) is 3. The molecule has 24 heavy (non-hydrogen) atoms. The Morgan fingerprint density at radius 2 is 2.29 bits per heavy atom. The van der Waals surface area contributed by atoms with Crippen molar-refractivity contribution in [2.24, 2.45) is 5.92 Å². The van der Waals surface area contributed by atoms with E-state index >= 15 is 0 Å². The standard InChI is InChI=1S/C19H23NO4/c1-20-8-7-19-12-4-5-14(21)18(19)24-17-15(23-10-22-2)6-3-11(16(17)19)9-13(12)20/h3,6,12-13,18H,4-5,7-10H2,1-2H3/t12-,13+,18-,19-/m0/s1. The van der Waals surface area contributed by atoms with Gasteiger partial charge in [0.05, 0.1) is 0 Å². The number of ketones is 1. The van der Waals surface area contributed by atoms with E-state index in [0.29, 0.717) is 24.1 Å². The van der Waals surface area contributed by atoms with Crippen molar-refractivity contribution >= 4 is 5.78 Å². The van der Waals surface area contributed by atoms with E-state index < -0.39 is 0 Å². The zero-order valence-electron chi connectivity index (χ0n) is 14.2. The van der Waals surface area contributed by atoms with Gasteiger partial charge in [0, 0.05) is 30.6 Å². The summed E-state index contributed by atoms with van der Waals surface area (Å²) >= 11 is 0. The summed E-state index contributed by atoms with van der Waals surface area (Å²) in [5.74, 6) is 2.28. The number of hydrogen-bond donors (Lipinski definition) is 0. The lowest BCUT2D eigenvalue weighted by atomic mass is 9.52. The molecule has 4 atom stereocenters. The molecule has 1 saturated carbocycles. The summed E-state index contributed by atoms with van der Waals surface area (Å²) in [6.07, 6.45) is 3.33.